The van der Waals surface area contributed by atoms with Crippen LogP contribution in [0.2, 0.25) is 0 Å². The minimum absolute atomic E-state index is 0.0585. The molecule has 0 saturated carbocycles. The Hall–Kier alpha value is -2.15. The summed E-state index contributed by atoms with van der Waals surface area (Å²) in [6.07, 6.45) is 1.20. The SMILES string of the molecule is COc1ccccc1-c1ccc(NCCS(C)(=O)=O)nn1. The largest absolute Gasteiger partial charge is 0.496 e. The quantitative estimate of drug-likeness (QED) is 0.873. The molecule has 0 unspecified atom stereocenters. The molecule has 0 saturated heterocycles. The van der Waals surface area contributed by atoms with Crippen LogP contribution in [0.15, 0.2) is 36.4 Å². The predicted octanol–water partition coefficient (Wildman–Crippen LogP) is 1.61. The van der Waals surface area contributed by atoms with E-state index >= 15 is 0 Å². The number of hydrogen-bond acceptors (Lipinski definition) is 6. The number of methoxy groups -OCH3 is 1. The minimum Gasteiger partial charge on any atom is -0.496 e. The number of aromatic nitrogens is 2. The molecule has 2 aromatic rings. The van der Waals surface area contributed by atoms with Gasteiger partial charge >= 0.3 is 0 Å². The maximum absolute atomic E-state index is 11.0. The zero-order chi connectivity index (χ0) is 15.3. The maximum atomic E-state index is 11.0. The molecule has 112 valence electrons. The number of hydrogen-bond donors (Lipinski definition) is 1. The summed E-state index contributed by atoms with van der Waals surface area (Å²) in [6, 6.07) is 11.1. The van der Waals surface area contributed by atoms with Crippen molar-refractivity contribution in [2.75, 3.05) is 31.0 Å². The lowest BCUT2D eigenvalue weighted by molar-refractivity contribution is 0.416. The van der Waals surface area contributed by atoms with E-state index < -0.39 is 9.84 Å². The third-order valence-corrected chi connectivity index (χ3v) is 3.77. The lowest BCUT2D eigenvalue weighted by Crippen LogP contribution is -2.14. The van der Waals surface area contributed by atoms with Gasteiger partial charge in [-0.25, -0.2) is 8.42 Å². The molecular formula is C14H17N3O3S. The van der Waals surface area contributed by atoms with Gasteiger partial charge in [-0.15, -0.1) is 10.2 Å². The summed E-state index contributed by atoms with van der Waals surface area (Å²) in [5.74, 6) is 1.32. The van der Waals surface area contributed by atoms with Crippen LogP contribution in [-0.4, -0.2) is 44.3 Å². The Bertz CT molecular complexity index is 700. The molecule has 1 aromatic carbocycles. The van der Waals surface area contributed by atoms with Crippen LogP contribution in [0.5, 0.6) is 5.75 Å². The normalized spacial score (nSPS) is 11.1. The van der Waals surface area contributed by atoms with Gasteiger partial charge in [0.2, 0.25) is 0 Å². The zero-order valence-corrected chi connectivity index (χ0v) is 12.7. The Morgan fingerprint density at radius 3 is 2.52 bits per heavy atom. The molecule has 7 heteroatoms. The number of rotatable bonds is 6. The molecule has 0 amide bonds. The number of benzene rings is 1. The maximum Gasteiger partial charge on any atom is 0.149 e. The first-order valence-electron chi connectivity index (χ1n) is 6.38. The summed E-state index contributed by atoms with van der Waals surface area (Å²) < 4.78 is 27.4. The minimum atomic E-state index is -2.98. The second-order valence-electron chi connectivity index (χ2n) is 4.56. The van der Waals surface area contributed by atoms with Gasteiger partial charge in [-0.05, 0) is 24.3 Å². The molecule has 0 atom stereocenters. The second kappa shape index (κ2) is 6.53. The van der Waals surface area contributed by atoms with Gasteiger partial charge in [0.05, 0.1) is 18.6 Å². The van der Waals surface area contributed by atoms with Gasteiger partial charge in [-0.1, -0.05) is 12.1 Å². The van der Waals surface area contributed by atoms with Crippen molar-refractivity contribution < 1.29 is 13.2 Å². The number of nitrogens with one attached hydrogen (secondary N) is 1. The van der Waals surface area contributed by atoms with E-state index in [0.717, 1.165) is 11.3 Å². The van der Waals surface area contributed by atoms with Crippen molar-refractivity contribution in [1.29, 1.82) is 0 Å². The number of nitrogens with zero attached hydrogens (tertiary/aromatic N) is 2. The first-order chi connectivity index (χ1) is 9.99. The van der Waals surface area contributed by atoms with Crippen molar-refractivity contribution in [3.63, 3.8) is 0 Å². The van der Waals surface area contributed by atoms with Crippen LogP contribution in [-0.2, 0) is 9.84 Å². The molecule has 0 radical (unpaired) electrons. The van der Waals surface area contributed by atoms with Crippen LogP contribution in [0, 0.1) is 0 Å². The summed E-state index contributed by atoms with van der Waals surface area (Å²) in [5, 5.41) is 11.1. The molecule has 0 spiro atoms. The summed E-state index contributed by atoms with van der Waals surface area (Å²) in [4.78, 5) is 0. The highest BCUT2D eigenvalue weighted by Gasteiger charge is 2.07. The Balaban J connectivity index is 2.08. The topological polar surface area (TPSA) is 81.2 Å². The molecule has 1 aromatic heterocycles. The highest BCUT2D eigenvalue weighted by atomic mass is 32.2. The lowest BCUT2D eigenvalue weighted by Gasteiger charge is -2.08. The average molecular weight is 307 g/mol. The van der Waals surface area contributed by atoms with E-state index in [0.29, 0.717) is 18.1 Å². The number of sulfone groups is 1. The fraction of sp³-hybridized carbons (Fsp3) is 0.286. The van der Waals surface area contributed by atoms with Crippen LogP contribution >= 0.6 is 0 Å². The Labute approximate surface area is 124 Å². The van der Waals surface area contributed by atoms with Gasteiger partial charge in [-0.2, -0.15) is 0 Å². The Morgan fingerprint density at radius 2 is 1.90 bits per heavy atom. The van der Waals surface area contributed by atoms with Crippen LogP contribution in [0.25, 0.3) is 11.3 Å². The van der Waals surface area contributed by atoms with Crippen molar-refractivity contribution in [3.05, 3.63) is 36.4 Å². The van der Waals surface area contributed by atoms with Gasteiger partial charge in [0, 0.05) is 18.4 Å². The molecule has 6 nitrogen and oxygen atoms in total. The van der Waals surface area contributed by atoms with E-state index in [1.54, 1.807) is 13.2 Å². The van der Waals surface area contributed by atoms with E-state index in [2.05, 4.69) is 15.5 Å². The van der Waals surface area contributed by atoms with Crippen LogP contribution in [0.1, 0.15) is 0 Å². The lowest BCUT2D eigenvalue weighted by atomic mass is 10.1. The number of anilines is 1. The first-order valence-corrected chi connectivity index (χ1v) is 8.44. The van der Waals surface area contributed by atoms with E-state index in [-0.39, 0.29) is 5.75 Å². The molecule has 0 bridgehead atoms. The van der Waals surface area contributed by atoms with Gasteiger partial charge in [0.1, 0.15) is 21.4 Å². The van der Waals surface area contributed by atoms with E-state index in [1.165, 1.54) is 6.26 Å². The van der Waals surface area contributed by atoms with E-state index in [1.807, 2.05) is 30.3 Å². The third kappa shape index (κ3) is 4.42. The highest BCUT2D eigenvalue weighted by molar-refractivity contribution is 7.90. The fourth-order valence-electron chi connectivity index (χ4n) is 1.79. The molecule has 0 aliphatic heterocycles. The Kier molecular flexibility index (Phi) is 4.74. The first kappa shape index (κ1) is 15.2. The van der Waals surface area contributed by atoms with Gasteiger partial charge in [0.15, 0.2) is 0 Å². The van der Waals surface area contributed by atoms with Crippen molar-refractivity contribution in [2.24, 2.45) is 0 Å². The molecule has 0 fully saturated rings. The molecular weight excluding hydrogens is 290 g/mol. The summed E-state index contributed by atoms with van der Waals surface area (Å²) in [6.45, 7) is 0.307. The van der Waals surface area contributed by atoms with Gasteiger partial charge in [0.25, 0.3) is 0 Å². The van der Waals surface area contributed by atoms with Gasteiger partial charge in [-0.3, -0.25) is 0 Å². The Morgan fingerprint density at radius 1 is 1.14 bits per heavy atom. The fourth-order valence-corrected chi connectivity index (χ4v) is 2.26. The predicted molar refractivity (Wildman–Crippen MR) is 82.2 cm³/mol. The van der Waals surface area contributed by atoms with Crippen molar-refractivity contribution >= 4 is 15.7 Å². The second-order valence-corrected chi connectivity index (χ2v) is 6.82. The number of para-hydroxylation sites is 1. The monoisotopic (exact) mass is 307 g/mol. The van der Waals surface area contributed by atoms with Crippen LogP contribution in [0.4, 0.5) is 5.82 Å². The zero-order valence-electron chi connectivity index (χ0n) is 11.9. The highest BCUT2D eigenvalue weighted by Crippen LogP contribution is 2.27. The molecule has 0 aliphatic carbocycles. The van der Waals surface area contributed by atoms with Crippen molar-refractivity contribution in [3.8, 4) is 17.0 Å². The molecule has 1 N–H and O–H groups in total. The van der Waals surface area contributed by atoms with Crippen LogP contribution in [0.3, 0.4) is 0 Å². The van der Waals surface area contributed by atoms with E-state index in [4.69, 9.17) is 4.74 Å². The van der Waals surface area contributed by atoms with E-state index in [9.17, 15) is 8.42 Å². The molecule has 21 heavy (non-hydrogen) atoms. The summed E-state index contributed by atoms with van der Waals surface area (Å²) >= 11 is 0. The molecule has 2 rings (SSSR count). The van der Waals surface area contributed by atoms with Gasteiger partial charge < -0.3 is 10.1 Å². The van der Waals surface area contributed by atoms with Crippen molar-refractivity contribution in [1.82, 2.24) is 10.2 Å². The molecule has 0 aliphatic rings. The number of ether oxygens (including phenoxy) is 1. The third-order valence-electron chi connectivity index (χ3n) is 2.83. The standard InChI is InChI=1S/C14H17N3O3S/c1-20-13-6-4-3-5-11(13)12-7-8-14(17-16-12)15-9-10-21(2,18)19/h3-8H,9-10H2,1-2H3,(H,15,17). The van der Waals surface area contributed by atoms with Crippen LogP contribution < -0.4 is 10.1 Å². The summed E-state index contributed by atoms with van der Waals surface area (Å²) in [7, 11) is -1.38. The van der Waals surface area contributed by atoms with Crippen molar-refractivity contribution in [2.45, 2.75) is 0 Å². The average Bonchev–Trinajstić information content (AvgIpc) is 2.47. The summed E-state index contributed by atoms with van der Waals surface area (Å²) in [5.41, 5.74) is 1.55. The molecule has 1 heterocycles. The smallest absolute Gasteiger partial charge is 0.149 e.